The summed E-state index contributed by atoms with van der Waals surface area (Å²) in [6.45, 7) is 11.5. The minimum absolute atomic E-state index is 0.0326. The molecule has 1 aromatic rings. The second-order valence-electron chi connectivity index (χ2n) is 6.51. The van der Waals surface area contributed by atoms with E-state index in [1.54, 1.807) is 11.3 Å². The van der Waals surface area contributed by atoms with E-state index in [1.165, 1.54) is 9.75 Å². The lowest BCUT2D eigenvalue weighted by Crippen LogP contribution is -2.37. The molecule has 2 rings (SSSR count). The molecule has 0 aliphatic carbocycles. The van der Waals surface area contributed by atoms with Crippen LogP contribution < -0.4 is 5.32 Å². The third-order valence-corrected chi connectivity index (χ3v) is 4.39. The monoisotopic (exact) mass is 280 g/mol. The Hall–Kier alpha value is -0.870. The maximum atomic E-state index is 12.5. The van der Waals surface area contributed by atoms with E-state index in [0.717, 1.165) is 13.0 Å². The molecule has 1 saturated heterocycles. The highest BCUT2D eigenvalue weighted by atomic mass is 32.1. The van der Waals surface area contributed by atoms with Crippen molar-refractivity contribution in [3.05, 3.63) is 21.9 Å². The van der Waals surface area contributed by atoms with Gasteiger partial charge in [0.1, 0.15) is 6.17 Å². The molecule has 106 valence electrons. The van der Waals surface area contributed by atoms with Crippen molar-refractivity contribution < 1.29 is 4.79 Å². The molecule has 0 saturated carbocycles. The fourth-order valence-corrected chi connectivity index (χ4v) is 3.44. The Balaban J connectivity index is 2.26. The highest BCUT2D eigenvalue weighted by Gasteiger charge is 2.40. The predicted molar refractivity (Wildman–Crippen MR) is 80.2 cm³/mol. The molecule has 1 aliphatic rings. The lowest BCUT2D eigenvalue weighted by Gasteiger charge is -2.30. The number of hydrogen-bond acceptors (Lipinski definition) is 3. The molecule has 19 heavy (non-hydrogen) atoms. The molecule has 0 aromatic carbocycles. The van der Waals surface area contributed by atoms with Crippen LogP contribution >= 0.6 is 11.3 Å². The van der Waals surface area contributed by atoms with Crippen LogP contribution in [0.2, 0.25) is 0 Å². The lowest BCUT2D eigenvalue weighted by atomic mass is 9.95. The van der Waals surface area contributed by atoms with Crippen LogP contribution in [0.4, 0.5) is 0 Å². The number of carbonyl (C=O) groups is 1. The first kappa shape index (κ1) is 14.5. The molecule has 2 atom stereocenters. The van der Waals surface area contributed by atoms with Crippen molar-refractivity contribution in [2.75, 3.05) is 6.54 Å². The number of amides is 1. The van der Waals surface area contributed by atoms with Gasteiger partial charge in [0.05, 0.1) is 6.04 Å². The molecule has 4 heteroatoms. The van der Waals surface area contributed by atoms with E-state index in [-0.39, 0.29) is 23.5 Å². The van der Waals surface area contributed by atoms with Gasteiger partial charge >= 0.3 is 0 Å². The van der Waals surface area contributed by atoms with Crippen LogP contribution in [0, 0.1) is 12.3 Å². The average Bonchev–Trinajstić information content (AvgIpc) is 2.83. The lowest BCUT2D eigenvalue weighted by molar-refractivity contribution is -0.131. The quantitative estimate of drug-likeness (QED) is 0.921. The second kappa shape index (κ2) is 5.25. The molecular formula is C15H24N2OS. The smallest absolute Gasteiger partial charge is 0.241 e. The van der Waals surface area contributed by atoms with Gasteiger partial charge < -0.3 is 4.90 Å². The molecule has 0 spiro atoms. The Morgan fingerprint density at radius 3 is 2.53 bits per heavy atom. The second-order valence-corrected chi connectivity index (χ2v) is 7.82. The van der Waals surface area contributed by atoms with E-state index in [9.17, 15) is 4.79 Å². The van der Waals surface area contributed by atoms with Crippen molar-refractivity contribution in [3.63, 3.8) is 0 Å². The number of hydrogen-bond donors (Lipinski definition) is 1. The van der Waals surface area contributed by atoms with Gasteiger partial charge in [-0.2, -0.15) is 0 Å². The highest BCUT2D eigenvalue weighted by Crippen LogP contribution is 2.33. The van der Waals surface area contributed by atoms with Crippen LogP contribution in [0.15, 0.2) is 12.1 Å². The third kappa shape index (κ3) is 3.18. The van der Waals surface area contributed by atoms with Gasteiger partial charge in [0.15, 0.2) is 0 Å². The number of rotatable bonds is 3. The summed E-state index contributed by atoms with van der Waals surface area (Å²) in [6.07, 6.45) is 0.899. The number of nitrogens with one attached hydrogen (secondary N) is 1. The Morgan fingerprint density at radius 1 is 1.37 bits per heavy atom. The van der Waals surface area contributed by atoms with Crippen LogP contribution in [0.5, 0.6) is 0 Å². The summed E-state index contributed by atoms with van der Waals surface area (Å²) in [5.41, 5.74) is 0.116. The molecule has 0 radical (unpaired) electrons. The maximum absolute atomic E-state index is 12.5. The molecule has 1 aromatic heterocycles. The first-order valence-electron chi connectivity index (χ1n) is 6.94. The van der Waals surface area contributed by atoms with Gasteiger partial charge in [0.25, 0.3) is 0 Å². The summed E-state index contributed by atoms with van der Waals surface area (Å²) in [7, 11) is 0. The molecule has 3 nitrogen and oxygen atoms in total. The third-order valence-electron chi connectivity index (χ3n) is 3.34. The van der Waals surface area contributed by atoms with E-state index < -0.39 is 0 Å². The molecule has 2 unspecified atom stereocenters. The van der Waals surface area contributed by atoms with Gasteiger partial charge in [0.2, 0.25) is 5.91 Å². The Morgan fingerprint density at radius 2 is 2.05 bits per heavy atom. The largest absolute Gasteiger partial charge is 0.320 e. The summed E-state index contributed by atoms with van der Waals surface area (Å²) in [5.74, 6) is 0.244. The first-order valence-corrected chi connectivity index (χ1v) is 7.76. The van der Waals surface area contributed by atoms with E-state index >= 15 is 0 Å². The zero-order valence-corrected chi connectivity index (χ0v) is 13.3. The van der Waals surface area contributed by atoms with Gasteiger partial charge in [-0.3, -0.25) is 10.1 Å². The number of carbonyl (C=O) groups excluding carboxylic acids is 1. The molecule has 1 fully saturated rings. The highest BCUT2D eigenvalue weighted by molar-refractivity contribution is 7.12. The van der Waals surface area contributed by atoms with E-state index in [1.807, 2.05) is 4.90 Å². The summed E-state index contributed by atoms with van der Waals surface area (Å²) < 4.78 is 0. The fraction of sp³-hybridized carbons (Fsp3) is 0.667. The minimum atomic E-state index is -0.0326. The standard InChI is InChI=1S/C15H24N2OS/c1-6-11-14(18)17(9-15(3,4)5)13(16-11)12-8-7-10(2)19-12/h7-8,11,13,16H,6,9H2,1-5H3. The van der Waals surface area contributed by atoms with Crippen LogP contribution in [0.1, 0.15) is 50.0 Å². The van der Waals surface area contributed by atoms with Gasteiger partial charge in [-0.25, -0.2) is 0 Å². The Kier molecular flexibility index (Phi) is 4.02. The number of aryl methyl sites for hydroxylation is 1. The fourth-order valence-electron chi connectivity index (χ4n) is 2.49. The van der Waals surface area contributed by atoms with Crippen molar-refractivity contribution in [2.45, 2.75) is 53.2 Å². The normalized spacial score (nSPS) is 24.3. The zero-order chi connectivity index (χ0) is 14.2. The zero-order valence-electron chi connectivity index (χ0n) is 12.5. The van der Waals surface area contributed by atoms with Crippen molar-refractivity contribution in [3.8, 4) is 0 Å². The van der Waals surface area contributed by atoms with Crippen molar-refractivity contribution in [1.82, 2.24) is 10.2 Å². The summed E-state index contributed by atoms with van der Waals surface area (Å²) >= 11 is 1.77. The topological polar surface area (TPSA) is 32.3 Å². The van der Waals surface area contributed by atoms with Crippen molar-refractivity contribution in [2.24, 2.45) is 5.41 Å². The first-order chi connectivity index (χ1) is 8.81. The minimum Gasteiger partial charge on any atom is -0.320 e. The van der Waals surface area contributed by atoms with E-state index in [4.69, 9.17) is 0 Å². The average molecular weight is 280 g/mol. The Labute approximate surface area is 120 Å². The van der Waals surface area contributed by atoms with Gasteiger partial charge in [-0.15, -0.1) is 11.3 Å². The molecular weight excluding hydrogens is 256 g/mol. The molecule has 1 N–H and O–H groups in total. The molecule has 1 aliphatic heterocycles. The van der Waals surface area contributed by atoms with Crippen molar-refractivity contribution in [1.29, 1.82) is 0 Å². The van der Waals surface area contributed by atoms with Gasteiger partial charge in [-0.05, 0) is 30.9 Å². The van der Waals surface area contributed by atoms with Crippen molar-refractivity contribution >= 4 is 17.2 Å². The summed E-state index contributed by atoms with van der Waals surface area (Å²) in [5, 5.41) is 3.48. The SMILES string of the molecule is CCC1NC(c2ccc(C)s2)N(CC(C)(C)C)C1=O. The summed E-state index contributed by atoms with van der Waals surface area (Å²) in [4.78, 5) is 17.0. The van der Waals surface area contributed by atoms with Gasteiger partial charge in [0, 0.05) is 16.3 Å². The summed E-state index contributed by atoms with van der Waals surface area (Å²) in [6, 6.07) is 4.23. The van der Waals surface area contributed by atoms with E-state index in [2.05, 4.69) is 52.1 Å². The van der Waals surface area contributed by atoms with Crippen LogP contribution in [-0.2, 0) is 4.79 Å². The van der Waals surface area contributed by atoms with Crippen LogP contribution in [-0.4, -0.2) is 23.4 Å². The van der Waals surface area contributed by atoms with Gasteiger partial charge in [-0.1, -0.05) is 27.7 Å². The van der Waals surface area contributed by atoms with Crippen LogP contribution in [0.25, 0.3) is 0 Å². The number of thiophene rings is 1. The molecule has 0 bridgehead atoms. The van der Waals surface area contributed by atoms with E-state index in [0.29, 0.717) is 0 Å². The molecule has 1 amide bonds. The predicted octanol–water partition coefficient (Wildman–Crippen LogP) is 3.31. The molecule has 2 heterocycles. The van der Waals surface area contributed by atoms with Crippen LogP contribution in [0.3, 0.4) is 0 Å². The maximum Gasteiger partial charge on any atom is 0.241 e. The Bertz CT molecular complexity index is 461. The number of nitrogens with zero attached hydrogens (tertiary/aromatic N) is 1.